The summed E-state index contributed by atoms with van der Waals surface area (Å²) in [5, 5.41) is 6.95. The van der Waals surface area contributed by atoms with Gasteiger partial charge in [0.1, 0.15) is 12.4 Å². The number of anilines is 2. The Hall–Kier alpha value is -4.61. The minimum Gasteiger partial charge on any atom is -0.495 e. The summed E-state index contributed by atoms with van der Waals surface area (Å²) in [6.07, 6.45) is 1.78. The van der Waals surface area contributed by atoms with Gasteiger partial charge in [0, 0.05) is 42.1 Å². The van der Waals surface area contributed by atoms with Gasteiger partial charge in [0.25, 0.3) is 0 Å². The topological polar surface area (TPSA) is 99.1 Å². The third-order valence-corrected chi connectivity index (χ3v) is 7.83. The second-order valence-electron chi connectivity index (χ2n) is 10.1. The predicted molar refractivity (Wildman–Crippen MR) is 163 cm³/mol. The highest BCUT2D eigenvalue weighted by Gasteiger charge is 2.42. The summed E-state index contributed by atoms with van der Waals surface area (Å²) >= 11 is 5.95. The van der Waals surface area contributed by atoms with Crippen molar-refractivity contribution in [1.29, 1.82) is 0 Å². The van der Waals surface area contributed by atoms with E-state index in [0.29, 0.717) is 16.5 Å². The number of thiocarbonyl (C=S) groups is 1. The van der Waals surface area contributed by atoms with Crippen LogP contribution < -0.4 is 29.7 Å². The zero-order valence-corrected chi connectivity index (χ0v) is 24.5. The van der Waals surface area contributed by atoms with Gasteiger partial charge in [0.15, 0.2) is 16.6 Å². The second-order valence-corrected chi connectivity index (χ2v) is 10.4. The number of methoxy groups -OCH3 is 2. The summed E-state index contributed by atoms with van der Waals surface area (Å²) in [7, 11) is 3.04. The summed E-state index contributed by atoms with van der Waals surface area (Å²) in [5.41, 5.74) is 6.33. The van der Waals surface area contributed by atoms with Crippen LogP contribution in [0.1, 0.15) is 34.7 Å². The Bertz CT molecular complexity index is 1660. The van der Waals surface area contributed by atoms with Crippen LogP contribution in [0.4, 0.5) is 11.4 Å². The maximum Gasteiger partial charge on any atom is 0.250 e. The molecular weight excluding hydrogens is 554 g/mol. The third kappa shape index (κ3) is 4.90. The number of fused-ring (bicyclic) bond motifs is 1. The highest BCUT2D eigenvalue weighted by molar-refractivity contribution is 7.80. The van der Waals surface area contributed by atoms with E-state index in [1.165, 1.54) is 7.11 Å². The van der Waals surface area contributed by atoms with Gasteiger partial charge in [0.2, 0.25) is 12.7 Å². The molecule has 1 saturated heterocycles. The molecule has 0 spiro atoms. The van der Waals surface area contributed by atoms with Gasteiger partial charge in [-0.1, -0.05) is 6.07 Å². The maximum atomic E-state index is 12.4. The molecule has 2 aliphatic heterocycles. The molecule has 0 saturated carbocycles. The number of aromatic nitrogens is 2. The fourth-order valence-corrected chi connectivity index (χ4v) is 6.06. The minimum absolute atomic E-state index is 0.0761. The Kier molecular flexibility index (Phi) is 7.44. The van der Waals surface area contributed by atoms with Crippen molar-refractivity contribution in [2.75, 3.05) is 37.8 Å². The molecule has 2 aromatic carbocycles. The van der Waals surface area contributed by atoms with Crippen molar-refractivity contribution < 1.29 is 23.7 Å². The number of hydrogen-bond donors (Lipinski definition) is 2. The van der Waals surface area contributed by atoms with E-state index in [0.717, 1.165) is 45.5 Å². The van der Waals surface area contributed by atoms with Gasteiger partial charge in [-0.05, 0) is 80.2 Å². The van der Waals surface area contributed by atoms with Gasteiger partial charge in [-0.2, -0.15) is 0 Å². The van der Waals surface area contributed by atoms with E-state index < -0.39 is 0 Å². The molecule has 0 radical (unpaired) electrons. The number of aryl methyl sites for hydroxylation is 1. The smallest absolute Gasteiger partial charge is 0.250 e. The van der Waals surface area contributed by atoms with E-state index >= 15 is 0 Å². The molecule has 4 aromatic rings. The van der Waals surface area contributed by atoms with Crippen LogP contribution >= 0.6 is 12.2 Å². The molecule has 10 nitrogen and oxygen atoms in total. The number of ether oxygens (including phenoxy) is 4. The number of nitrogens with zero attached hydrogens (tertiary/aromatic N) is 3. The molecule has 2 atom stereocenters. The second kappa shape index (κ2) is 11.3. The van der Waals surface area contributed by atoms with Gasteiger partial charge < -0.3 is 39.0 Å². The lowest BCUT2D eigenvalue weighted by molar-refractivity contribution is -0.119. The van der Waals surface area contributed by atoms with E-state index in [9.17, 15) is 4.79 Å². The Morgan fingerprint density at radius 2 is 1.88 bits per heavy atom. The first-order valence-electron chi connectivity index (χ1n) is 13.5. The van der Waals surface area contributed by atoms with Gasteiger partial charge in [-0.15, -0.1) is 0 Å². The zero-order valence-electron chi connectivity index (χ0n) is 23.7. The monoisotopic (exact) mass is 585 g/mol. The molecule has 6 rings (SSSR count). The van der Waals surface area contributed by atoms with Gasteiger partial charge in [0.05, 0.1) is 30.6 Å². The van der Waals surface area contributed by atoms with Crippen LogP contribution in [0.5, 0.6) is 17.2 Å². The lowest BCUT2D eigenvalue weighted by Crippen LogP contribution is -2.29. The van der Waals surface area contributed by atoms with E-state index in [-0.39, 0.29) is 31.4 Å². The molecule has 11 heteroatoms. The Labute approximate surface area is 249 Å². The van der Waals surface area contributed by atoms with Gasteiger partial charge >= 0.3 is 0 Å². The van der Waals surface area contributed by atoms with Crippen LogP contribution in [0.3, 0.4) is 0 Å². The van der Waals surface area contributed by atoms with Crippen molar-refractivity contribution in [3.63, 3.8) is 0 Å². The summed E-state index contributed by atoms with van der Waals surface area (Å²) in [6, 6.07) is 19.1. The lowest BCUT2D eigenvalue weighted by atomic mass is 9.96. The zero-order chi connectivity index (χ0) is 29.4. The quantitative estimate of drug-likeness (QED) is 0.277. The molecule has 0 aliphatic carbocycles. The highest BCUT2D eigenvalue weighted by atomic mass is 32.1. The number of rotatable bonds is 8. The Morgan fingerprint density at radius 1 is 1.07 bits per heavy atom. The summed E-state index contributed by atoms with van der Waals surface area (Å²) in [6.45, 7) is 4.33. The third-order valence-electron chi connectivity index (χ3n) is 7.51. The van der Waals surface area contributed by atoms with Gasteiger partial charge in [-0.3, -0.25) is 9.78 Å². The fraction of sp³-hybridized carbons (Fsp3) is 0.258. The van der Waals surface area contributed by atoms with Crippen LogP contribution in [0.25, 0.3) is 5.69 Å². The lowest BCUT2D eigenvalue weighted by Gasteiger charge is -2.29. The summed E-state index contributed by atoms with van der Waals surface area (Å²) in [5.74, 6) is 1.70. The maximum absolute atomic E-state index is 12.4. The summed E-state index contributed by atoms with van der Waals surface area (Å²) < 4.78 is 23.9. The molecule has 2 N–H and O–H groups in total. The predicted octanol–water partition coefficient (Wildman–Crippen LogP) is 4.99. The summed E-state index contributed by atoms with van der Waals surface area (Å²) in [4.78, 5) is 19.2. The molecule has 2 aliphatic rings. The molecule has 0 unspecified atom stereocenters. The van der Waals surface area contributed by atoms with Crippen LogP contribution in [-0.4, -0.2) is 48.2 Å². The van der Waals surface area contributed by atoms with Crippen molar-refractivity contribution in [3.8, 4) is 22.9 Å². The van der Waals surface area contributed by atoms with E-state index in [1.807, 2.05) is 54.6 Å². The molecular formula is C31H31N5O5S. The van der Waals surface area contributed by atoms with Gasteiger partial charge in [-0.25, -0.2) is 0 Å². The molecule has 0 bridgehead atoms. The van der Waals surface area contributed by atoms with Crippen molar-refractivity contribution in [3.05, 3.63) is 89.5 Å². The number of pyridine rings is 1. The van der Waals surface area contributed by atoms with E-state index in [1.54, 1.807) is 13.3 Å². The van der Waals surface area contributed by atoms with Crippen molar-refractivity contribution in [2.24, 2.45) is 0 Å². The van der Waals surface area contributed by atoms with Crippen molar-refractivity contribution >= 4 is 34.6 Å². The largest absolute Gasteiger partial charge is 0.495 e. The number of nitrogens with one attached hydrogen (secondary N) is 2. The number of carbonyl (C=O) groups excluding carboxylic acids is 1. The first-order valence-corrected chi connectivity index (χ1v) is 13.9. The number of amides is 1. The number of carbonyl (C=O) groups is 1. The standard InChI is InChI=1S/C31H31N5O5S/c1-18-13-22(19(2)35(18)21-9-11-26-27(15-21)41-17-40-26)30-29(23-7-5-6-12-32-23)34-31(42)36(30)20-8-10-25(39-4)24(14-20)33-28(37)16-38-3/h5-15,29-30H,16-17H2,1-4H3,(H,33,37)(H,34,42)/t29-,30-/m0/s1. The normalized spacial score (nSPS) is 17.3. The Morgan fingerprint density at radius 3 is 2.64 bits per heavy atom. The molecule has 216 valence electrons. The van der Waals surface area contributed by atoms with E-state index in [4.69, 9.17) is 31.2 Å². The van der Waals surface area contributed by atoms with Crippen LogP contribution in [-0.2, 0) is 9.53 Å². The first kappa shape index (κ1) is 27.6. The average molecular weight is 586 g/mol. The van der Waals surface area contributed by atoms with Crippen LogP contribution in [0, 0.1) is 13.8 Å². The number of hydrogen-bond acceptors (Lipinski definition) is 7. The molecule has 1 amide bonds. The van der Waals surface area contributed by atoms with Crippen molar-refractivity contribution in [1.82, 2.24) is 14.9 Å². The van der Waals surface area contributed by atoms with Crippen LogP contribution in [0.2, 0.25) is 0 Å². The SMILES string of the molecule is COCC(=O)Nc1cc(N2C(=S)N[C@@H](c3ccccn3)[C@@H]2c2cc(C)n(-c3ccc4c(c3)OCO4)c2C)ccc1OC. The number of benzene rings is 2. The first-order chi connectivity index (χ1) is 20.4. The average Bonchev–Trinajstić information content (AvgIpc) is 3.68. The van der Waals surface area contributed by atoms with Crippen molar-refractivity contribution in [2.45, 2.75) is 25.9 Å². The Balaban J connectivity index is 1.47. The minimum atomic E-state index is -0.287. The van der Waals surface area contributed by atoms with E-state index in [2.05, 4.69) is 45.0 Å². The molecule has 2 aromatic heterocycles. The molecule has 1 fully saturated rings. The molecule has 42 heavy (non-hydrogen) atoms. The molecule has 4 heterocycles. The highest BCUT2D eigenvalue weighted by Crippen LogP contribution is 2.45. The van der Waals surface area contributed by atoms with Crippen LogP contribution in [0.15, 0.2) is 66.9 Å². The fourth-order valence-electron chi connectivity index (χ4n) is 5.72.